The smallest absolute Gasteiger partial charge is 0.338 e. The number of methoxy groups -OCH3 is 1. The lowest BCUT2D eigenvalue weighted by Gasteiger charge is -2.38. The van der Waals surface area contributed by atoms with Crippen LogP contribution in [0, 0.1) is 13.8 Å². The summed E-state index contributed by atoms with van der Waals surface area (Å²) in [5.74, 6) is -0.421. The van der Waals surface area contributed by atoms with Crippen LogP contribution >= 0.6 is 11.3 Å². The van der Waals surface area contributed by atoms with Gasteiger partial charge in [0.2, 0.25) is 0 Å². The van der Waals surface area contributed by atoms with E-state index in [2.05, 4.69) is 52.5 Å². The van der Waals surface area contributed by atoms with Gasteiger partial charge in [-0.1, -0.05) is 18.2 Å². The Balaban J connectivity index is 1.52. The van der Waals surface area contributed by atoms with Crippen molar-refractivity contribution in [3.8, 4) is 0 Å². The number of ether oxygens (including phenoxy) is 1. The predicted molar refractivity (Wildman–Crippen MR) is 122 cm³/mol. The number of benzene rings is 1. The number of thiophene rings is 1. The average Bonchev–Trinajstić information content (AvgIpc) is 3.30. The Labute approximate surface area is 186 Å². The van der Waals surface area contributed by atoms with Crippen LogP contribution in [0.3, 0.4) is 0 Å². The van der Waals surface area contributed by atoms with Crippen LogP contribution < -0.4 is 15.5 Å². The highest BCUT2D eigenvalue weighted by Gasteiger charge is 2.35. The first-order valence-corrected chi connectivity index (χ1v) is 11.3. The minimum Gasteiger partial charge on any atom is -0.466 e. The maximum atomic E-state index is 12.6. The van der Waals surface area contributed by atoms with Crippen molar-refractivity contribution in [1.82, 2.24) is 15.5 Å². The quantitative estimate of drug-likeness (QED) is 0.700. The molecule has 1 aromatic carbocycles. The predicted octanol–water partition coefficient (Wildman–Crippen LogP) is 2.97. The molecule has 0 radical (unpaired) electrons. The molecule has 0 saturated carbocycles. The fraction of sp³-hybridized carbons (Fsp3) is 0.391. The molecule has 1 saturated heterocycles. The molecule has 8 heteroatoms. The van der Waals surface area contributed by atoms with Gasteiger partial charge in [-0.3, -0.25) is 4.90 Å². The highest BCUT2D eigenvalue weighted by molar-refractivity contribution is 7.10. The van der Waals surface area contributed by atoms with E-state index in [1.54, 1.807) is 0 Å². The van der Waals surface area contributed by atoms with E-state index in [0.29, 0.717) is 17.8 Å². The minimum absolute atomic E-state index is 0.296. The number of anilines is 1. The Morgan fingerprint density at radius 3 is 2.65 bits per heavy atom. The third-order valence-corrected chi connectivity index (χ3v) is 6.78. The van der Waals surface area contributed by atoms with E-state index in [4.69, 9.17) is 4.74 Å². The van der Waals surface area contributed by atoms with E-state index in [9.17, 15) is 9.59 Å². The summed E-state index contributed by atoms with van der Waals surface area (Å²) in [6, 6.07) is 9.59. The Bertz CT molecular complexity index is 994. The zero-order valence-electron chi connectivity index (χ0n) is 18.1. The number of urea groups is 1. The fourth-order valence-electron chi connectivity index (χ4n) is 4.19. The van der Waals surface area contributed by atoms with Gasteiger partial charge in [-0.15, -0.1) is 11.3 Å². The molecule has 2 aromatic rings. The summed E-state index contributed by atoms with van der Waals surface area (Å²) >= 11 is 1.51. The average molecular weight is 441 g/mol. The third kappa shape index (κ3) is 4.60. The van der Waals surface area contributed by atoms with E-state index in [1.807, 2.05) is 17.5 Å². The molecule has 4 rings (SSSR count). The first-order valence-electron chi connectivity index (χ1n) is 10.4. The highest BCUT2D eigenvalue weighted by atomic mass is 32.1. The molecule has 0 aliphatic carbocycles. The number of carbonyl (C=O) groups is 2. The number of esters is 1. The summed E-state index contributed by atoms with van der Waals surface area (Å²) in [5.41, 5.74) is 4.91. The standard InChI is InChI=1S/C23H28N4O3S/c1-15-6-7-16(2)18(13-15)27-10-8-26(9-11-27)14-17-20(22(28)30-3)21(25-23(29)24-17)19-5-4-12-31-19/h4-7,12-13,21H,8-11,14H2,1-3H3,(H2,24,25,29). The SMILES string of the molecule is COC(=O)C1=C(CN2CCN(c3cc(C)ccc3C)CC2)NC(=O)NC1c1cccs1. The van der Waals surface area contributed by atoms with Crippen molar-refractivity contribution in [1.29, 1.82) is 0 Å². The molecule has 164 valence electrons. The second kappa shape index (κ2) is 9.11. The van der Waals surface area contributed by atoms with Crippen molar-refractivity contribution >= 4 is 29.0 Å². The fourth-order valence-corrected chi connectivity index (χ4v) is 4.98. The molecule has 1 unspecified atom stereocenters. The Hall–Kier alpha value is -2.84. The molecule has 3 heterocycles. The van der Waals surface area contributed by atoms with Gasteiger partial charge in [0, 0.05) is 49.0 Å². The zero-order chi connectivity index (χ0) is 22.0. The molecule has 0 spiro atoms. The molecular weight excluding hydrogens is 412 g/mol. The van der Waals surface area contributed by atoms with E-state index >= 15 is 0 Å². The van der Waals surface area contributed by atoms with Crippen molar-refractivity contribution in [2.75, 3.05) is 44.7 Å². The molecule has 7 nitrogen and oxygen atoms in total. The van der Waals surface area contributed by atoms with Crippen LogP contribution in [0.5, 0.6) is 0 Å². The van der Waals surface area contributed by atoms with Crippen molar-refractivity contribution < 1.29 is 14.3 Å². The number of nitrogens with one attached hydrogen (secondary N) is 2. The van der Waals surface area contributed by atoms with Gasteiger partial charge in [0.1, 0.15) is 0 Å². The van der Waals surface area contributed by atoms with Crippen molar-refractivity contribution in [2.24, 2.45) is 0 Å². The second-order valence-corrected chi connectivity index (χ2v) is 8.96. The molecule has 1 aromatic heterocycles. The Morgan fingerprint density at radius 2 is 1.97 bits per heavy atom. The van der Waals surface area contributed by atoms with Gasteiger partial charge in [0.05, 0.1) is 18.7 Å². The summed E-state index contributed by atoms with van der Waals surface area (Å²) in [5, 5.41) is 7.66. The lowest BCUT2D eigenvalue weighted by molar-refractivity contribution is -0.136. The van der Waals surface area contributed by atoms with E-state index in [-0.39, 0.29) is 6.03 Å². The second-order valence-electron chi connectivity index (χ2n) is 7.98. The van der Waals surface area contributed by atoms with Gasteiger partial charge in [0.25, 0.3) is 0 Å². The molecule has 2 N–H and O–H groups in total. The lowest BCUT2D eigenvalue weighted by atomic mass is 10.0. The number of hydrogen-bond acceptors (Lipinski definition) is 6. The van der Waals surface area contributed by atoms with Gasteiger partial charge in [-0.2, -0.15) is 0 Å². The van der Waals surface area contributed by atoms with E-state index < -0.39 is 12.0 Å². The third-order valence-electron chi connectivity index (χ3n) is 5.85. The topological polar surface area (TPSA) is 73.9 Å². The van der Waals surface area contributed by atoms with Gasteiger partial charge >= 0.3 is 12.0 Å². The first-order chi connectivity index (χ1) is 15.0. The lowest BCUT2D eigenvalue weighted by Crippen LogP contribution is -2.51. The Kier molecular flexibility index (Phi) is 6.29. The number of aryl methyl sites for hydroxylation is 2. The number of rotatable bonds is 5. The zero-order valence-corrected chi connectivity index (χ0v) is 18.9. The first kappa shape index (κ1) is 21.4. The van der Waals surface area contributed by atoms with Crippen molar-refractivity contribution in [3.05, 3.63) is 63.0 Å². The van der Waals surface area contributed by atoms with Gasteiger partial charge in [-0.25, -0.2) is 9.59 Å². The van der Waals surface area contributed by atoms with E-state index in [0.717, 1.165) is 31.1 Å². The van der Waals surface area contributed by atoms with Gasteiger partial charge in [0.15, 0.2) is 0 Å². The van der Waals surface area contributed by atoms with Crippen LogP contribution in [0.4, 0.5) is 10.5 Å². The van der Waals surface area contributed by atoms with Crippen LogP contribution in [0.2, 0.25) is 0 Å². The maximum Gasteiger partial charge on any atom is 0.338 e. The highest BCUT2D eigenvalue weighted by Crippen LogP contribution is 2.31. The molecule has 1 fully saturated rings. The summed E-state index contributed by atoms with van der Waals surface area (Å²) in [4.78, 5) is 30.6. The van der Waals surface area contributed by atoms with Crippen LogP contribution in [-0.2, 0) is 9.53 Å². The monoisotopic (exact) mass is 440 g/mol. The summed E-state index contributed by atoms with van der Waals surface area (Å²) < 4.78 is 5.06. The molecule has 1 atom stereocenters. The van der Waals surface area contributed by atoms with Crippen LogP contribution in [0.1, 0.15) is 22.0 Å². The van der Waals surface area contributed by atoms with Crippen molar-refractivity contribution in [3.63, 3.8) is 0 Å². The normalized spacial score (nSPS) is 19.8. The summed E-state index contributed by atoms with van der Waals surface area (Å²) in [6.45, 7) is 8.24. The summed E-state index contributed by atoms with van der Waals surface area (Å²) in [7, 11) is 1.37. The number of nitrogens with zero attached hydrogens (tertiary/aromatic N) is 2. The van der Waals surface area contributed by atoms with Gasteiger partial charge in [-0.05, 0) is 42.5 Å². The molecule has 31 heavy (non-hydrogen) atoms. The number of piperazine rings is 1. The Morgan fingerprint density at radius 1 is 1.19 bits per heavy atom. The maximum absolute atomic E-state index is 12.6. The largest absolute Gasteiger partial charge is 0.466 e. The number of amides is 2. The molecule has 2 aliphatic heterocycles. The number of hydrogen-bond donors (Lipinski definition) is 2. The molecule has 2 aliphatic rings. The molecule has 2 amide bonds. The van der Waals surface area contributed by atoms with Gasteiger partial charge < -0.3 is 20.3 Å². The molecule has 0 bridgehead atoms. The number of carbonyl (C=O) groups excluding carboxylic acids is 2. The van der Waals surface area contributed by atoms with Crippen LogP contribution in [-0.4, -0.2) is 56.7 Å². The minimum atomic E-state index is -0.493. The van der Waals surface area contributed by atoms with Crippen LogP contribution in [0.25, 0.3) is 0 Å². The summed E-state index contributed by atoms with van der Waals surface area (Å²) in [6.07, 6.45) is 0. The van der Waals surface area contributed by atoms with Crippen molar-refractivity contribution in [2.45, 2.75) is 19.9 Å². The molecular formula is C23H28N4O3S. The van der Waals surface area contributed by atoms with Crippen LogP contribution in [0.15, 0.2) is 47.0 Å². The van der Waals surface area contributed by atoms with E-state index in [1.165, 1.54) is 35.3 Å².